The highest BCUT2D eigenvalue weighted by atomic mass is 32.1. The molecule has 0 radical (unpaired) electrons. The van der Waals surface area contributed by atoms with Crippen molar-refractivity contribution in [2.75, 3.05) is 6.61 Å². The van der Waals surface area contributed by atoms with Gasteiger partial charge in [0.15, 0.2) is 5.69 Å². The first-order valence-electron chi connectivity index (χ1n) is 5.84. The van der Waals surface area contributed by atoms with E-state index in [1.165, 1.54) is 19.1 Å². The molecule has 112 valence electrons. The van der Waals surface area contributed by atoms with Gasteiger partial charge in [-0.05, 0) is 19.1 Å². The maximum absolute atomic E-state index is 13.1. The minimum atomic E-state index is -4.79. The first kappa shape index (κ1) is 15.4. The van der Waals surface area contributed by atoms with E-state index in [9.17, 15) is 22.4 Å². The number of rotatable bonds is 3. The molecule has 1 aromatic carbocycles. The topological polar surface area (TPSA) is 39.2 Å². The third-order valence-electron chi connectivity index (χ3n) is 2.43. The molecule has 0 bridgehead atoms. The largest absolute Gasteiger partial charge is 0.462 e. The second-order valence-electron chi connectivity index (χ2n) is 3.93. The first-order chi connectivity index (χ1) is 9.82. The Bertz CT molecular complexity index is 666. The molecule has 21 heavy (non-hydrogen) atoms. The maximum atomic E-state index is 13.1. The number of benzene rings is 1. The summed E-state index contributed by atoms with van der Waals surface area (Å²) in [4.78, 5) is 14.4. The van der Waals surface area contributed by atoms with Crippen molar-refractivity contribution in [1.29, 1.82) is 0 Å². The summed E-state index contributed by atoms with van der Waals surface area (Å²) >= 11 is 0.524. The zero-order valence-electron chi connectivity index (χ0n) is 10.7. The molecule has 0 aliphatic rings. The molecular weight excluding hydrogens is 310 g/mol. The number of nitrogens with zero attached hydrogens (tertiary/aromatic N) is 1. The zero-order chi connectivity index (χ0) is 15.6. The Labute approximate surface area is 121 Å². The summed E-state index contributed by atoms with van der Waals surface area (Å²) < 4.78 is 56.5. The Kier molecular flexibility index (Phi) is 4.26. The number of carbonyl (C=O) groups is 1. The van der Waals surface area contributed by atoms with Crippen LogP contribution in [0.2, 0.25) is 0 Å². The third-order valence-corrected chi connectivity index (χ3v) is 3.51. The molecule has 1 aromatic heterocycles. The van der Waals surface area contributed by atoms with E-state index in [4.69, 9.17) is 0 Å². The Morgan fingerprint density at radius 1 is 1.38 bits per heavy atom. The van der Waals surface area contributed by atoms with Gasteiger partial charge >= 0.3 is 12.1 Å². The zero-order valence-corrected chi connectivity index (χ0v) is 11.5. The van der Waals surface area contributed by atoms with Gasteiger partial charge < -0.3 is 4.74 Å². The molecule has 2 rings (SSSR count). The van der Waals surface area contributed by atoms with Crippen LogP contribution in [0.1, 0.15) is 22.3 Å². The van der Waals surface area contributed by atoms with Gasteiger partial charge in [0.2, 0.25) is 0 Å². The summed E-state index contributed by atoms with van der Waals surface area (Å²) in [7, 11) is 0. The van der Waals surface area contributed by atoms with Crippen molar-refractivity contribution >= 4 is 17.3 Å². The molecule has 0 aliphatic carbocycles. The summed E-state index contributed by atoms with van der Waals surface area (Å²) in [6.07, 6.45) is -4.79. The normalized spacial score (nSPS) is 11.5. The lowest BCUT2D eigenvalue weighted by Crippen LogP contribution is -2.13. The van der Waals surface area contributed by atoms with Crippen LogP contribution in [-0.4, -0.2) is 17.6 Å². The van der Waals surface area contributed by atoms with Crippen molar-refractivity contribution in [3.8, 4) is 10.6 Å². The molecule has 1 heterocycles. The van der Waals surface area contributed by atoms with Crippen LogP contribution in [-0.2, 0) is 10.9 Å². The van der Waals surface area contributed by atoms with E-state index in [1.54, 1.807) is 0 Å². The number of hydrogen-bond donors (Lipinski definition) is 0. The molecule has 0 amide bonds. The molecule has 0 saturated carbocycles. The van der Waals surface area contributed by atoms with Gasteiger partial charge in [-0.25, -0.2) is 14.2 Å². The molecule has 3 nitrogen and oxygen atoms in total. The number of carbonyl (C=O) groups excluding carboxylic acids is 1. The molecular formula is C13H9F4NO2S. The Balaban J connectivity index is 2.53. The SMILES string of the molecule is CCOC(=O)c1sc(-c2cccc(F)c2)nc1C(F)(F)F. The van der Waals surface area contributed by atoms with Crippen LogP contribution in [0.3, 0.4) is 0 Å². The van der Waals surface area contributed by atoms with Crippen LogP contribution in [0.25, 0.3) is 10.6 Å². The van der Waals surface area contributed by atoms with Crippen molar-refractivity contribution in [3.63, 3.8) is 0 Å². The fourth-order valence-electron chi connectivity index (χ4n) is 1.59. The van der Waals surface area contributed by atoms with Gasteiger partial charge in [0.25, 0.3) is 0 Å². The van der Waals surface area contributed by atoms with Crippen LogP contribution < -0.4 is 0 Å². The standard InChI is InChI=1S/C13H9F4NO2S/c1-2-20-12(19)9-10(13(15,16)17)18-11(21-9)7-4-3-5-8(14)6-7/h3-6H,2H2,1H3. The first-order valence-corrected chi connectivity index (χ1v) is 6.65. The predicted octanol–water partition coefficient (Wildman–Crippen LogP) is 4.14. The molecule has 0 fully saturated rings. The van der Waals surface area contributed by atoms with Gasteiger partial charge in [-0.1, -0.05) is 12.1 Å². The molecule has 0 saturated heterocycles. The monoisotopic (exact) mass is 319 g/mol. The number of ether oxygens (including phenoxy) is 1. The van der Waals surface area contributed by atoms with Crippen LogP contribution in [0, 0.1) is 5.82 Å². The van der Waals surface area contributed by atoms with Gasteiger partial charge in [0.05, 0.1) is 6.61 Å². The fraction of sp³-hybridized carbons (Fsp3) is 0.231. The predicted molar refractivity (Wildman–Crippen MR) is 68.5 cm³/mol. The van der Waals surface area contributed by atoms with Gasteiger partial charge in [-0.15, -0.1) is 11.3 Å². The number of halogens is 4. The third kappa shape index (κ3) is 3.38. The average molecular weight is 319 g/mol. The summed E-state index contributed by atoms with van der Waals surface area (Å²) in [5.74, 6) is -1.70. The van der Waals surface area contributed by atoms with Crippen LogP contribution in [0.4, 0.5) is 17.6 Å². The summed E-state index contributed by atoms with van der Waals surface area (Å²) in [6, 6.07) is 4.97. The number of aromatic nitrogens is 1. The molecule has 0 unspecified atom stereocenters. The number of esters is 1. The number of thiazole rings is 1. The number of hydrogen-bond acceptors (Lipinski definition) is 4. The van der Waals surface area contributed by atoms with E-state index in [0.29, 0.717) is 11.3 Å². The minimum absolute atomic E-state index is 0.0523. The smallest absolute Gasteiger partial charge is 0.435 e. The summed E-state index contributed by atoms with van der Waals surface area (Å²) in [5.41, 5.74) is -1.15. The van der Waals surface area contributed by atoms with Crippen LogP contribution in [0.15, 0.2) is 24.3 Å². The van der Waals surface area contributed by atoms with Crippen LogP contribution >= 0.6 is 11.3 Å². The Morgan fingerprint density at radius 2 is 2.10 bits per heavy atom. The van der Waals surface area contributed by atoms with E-state index >= 15 is 0 Å². The van der Waals surface area contributed by atoms with Crippen molar-refractivity contribution in [1.82, 2.24) is 4.98 Å². The molecule has 0 atom stereocenters. The second-order valence-corrected chi connectivity index (χ2v) is 4.92. The Morgan fingerprint density at radius 3 is 2.67 bits per heavy atom. The van der Waals surface area contributed by atoms with Crippen molar-refractivity contribution in [2.45, 2.75) is 13.1 Å². The van der Waals surface area contributed by atoms with Crippen LogP contribution in [0.5, 0.6) is 0 Å². The van der Waals surface area contributed by atoms with E-state index in [-0.39, 0.29) is 17.2 Å². The van der Waals surface area contributed by atoms with E-state index in [1.807, 2.05) is 0 Å². The minimum Gasteiger partial charge on any atom is -0.462 e. The molecule has 8 heteroatoms. The fourth-order valence-corrected chi connectivity index (χ4v) is 2.57. The lowest BCUT2D eigenvalue weighted by Gasteiger charge is -2.05. The molecule has 2 aromatic rings. The molecule has 0 N–H and O–H groups in total. The molecule has 0 spiro atoms. The van der Waals surface area contributed by atoms with Gasteiger partial charge in [0.1, 0.15) is 15.7 Å². The van der Waals surface area contributed by atoms with E-state index < -0.39 is 28.5 Å². The second kappa shape index (κ2) is 5.80. The van der Waals surface area contributed by atoms with E-state index in [2.05, 4.69) is 9.72 Å². The molecule has 0 aliphatic heterocycles. The van der Waals surface area contributed by atoms with Gasteiger partial charge in [-0.2, -0.15) is 13.2 Å². The van der Waals surface area contributed by atoms with Crippen molar-refractivity contribution in [2.24, 2.45) is 0 Å². The summed E-state index contributed by atoms with van der Waals surface area (Å²) in [5, 5.41) is -0.0927. The quantitative estimate of drug-likeness (QED) is 0.630. The summed E-state index contributed by atoms with van der Waals surface area (Å²) in [6.45, 7) is 1.43. The maximum Gasteiger partial charge on any atom is 0.435 e. The average Bonchev–Trinajstić information content (AvgIpc) is 2.84. The highest BCUT2D eigenvalue weighted by Crippen LogP contribution is 2.38. The van der Waals surface area contributed by atoms with Gasteiger partial charge in [-0.3, -0.25) is 0 Å². The Hall–Kier alpha value is -1.96. The highest BCUT2D eigenvalue weighted by Gasteiger charge is 2.40. The lowest BCUT2D eigenvalue weighted by atomic mass is 10.2. The van der Waals surface area contributed by atoms with Crippen molar-refractivity contribution < 1.29 is 27.1 Å². The van der Waals surface area contributed by atoms with Crippen molar-refractivity contribution in [3.05, 3.63) is 40.7 Å². The highest BCUT2D eigenvalue weighted by molar-refractivity contribution is 7.17. The van der Waals surface area contributed by atoms with E-state index in [0.717, 1.165) is 12.1 Å². The number of alkyl halides is 3. The van der Waals surface area contributed by atoms with Gasteiger partial charge in [0, 0.05) is 5.56 Å². The lowest BCUT2D eigenvalue weighted by molar-refractivity contribution is -0.141.